The largest absolute Gasteiger partial charge is 0.302 e. The molecule has 1 aromatic heterocycles. The molecule has 4 nitrogen and oxygen atoms in total. The molecule has 1 amide bonds. The van der Waals surface area contributed by atoms with Crippen molar-refractivity contribution in [3.8, 4) is 0 Å². The van der Waals surface area contributed by atoms with Gasteiger partial charge in [0.25, 0.3) is 5.91 Å². The van der Waals surface area contributed by atoms with Crippen LogP contribution in [0.1, 0.15) is 24.2 Å². The fourth-order valence-corrected chi connectivity index (χ4v) is 4.58. The molecule has 0 unspecified atom stereocenters. The zero-order chi connectivity index (χ0) is 19.4. The second kappa shape index (κ2) is 10.6. The average Bonchev–Trinajstić information content (AvgIpc) is 3.07. The van der Waals surface area contributed by atoms with Gasteiger partial charge in [-0.1, -0.05) is 58.8 Å². The fraction of sp³-hybridized carbons (Fsp3) is 0.300. The van der Waals surface area contributed by atoms with Crippen LogP contribution < -0.4 is 4.90 Å². The van der Waals surface area contributed by atoms with E-state index in [4.69, 9.17) is 16.6 Å². The number of anilines is 1. The fourth-order valence-electron chi connectivity index (χ4n) is 2.84. The van der Waals surface area contributed by atoms with Gasteiger partial charge in [-0.2, -0.15) is 0 Å². The molecule has 28 heavy (non-hydrogen) atoms. The number of rotatable bonds is 7. The molecule has 150 valence electrons. The standard InChI is InChI=1S/C20H21BrClN3OS.ClH/c1-3-24(4-2)10-11-25(19(26)14-6-5-7-16(22)12-14)20-23-17-9-8-15(21)13-18(17)27-20;/h5-9,12-13H,3-4,10-11H2,1-2H3;1H. The van der Waals surface area contributed by atoms with E-state index < -0.39 is 0 Å². The smallest absolute Gasteiger partial charge is 0.260 e. The lowest BCUT2D eigenvalue weighted by Gasteiger charge is -2.24. The Labute approximate surface area is 189 Å². The number of likely N-dealkylation sites (N-methyl/N-ethyl adjacent to an activating group) is 1. The van der Waals surface area contributed by atoms with Crippen molar-refractivity contribution < 1.29 is 4.79 Å². The highest BCUT2D eigenvalue weighted by atomic mass is 79.9. The van der Waals surface area contributed by atoms with Crippen LogP contribution in [0.2, 0.25) is 5.02 Å². The van der Waals surface area contributed by atoms with Gasteiger partial charge in [0.05, 0.1) is 10.2 Å². The number of fused-ring (bicyclic) bond motifs is 1. The summed E-state index contributed by atoms with van der Waals surface area (Å²) >= 11 is 11.1. The van der Waals surface area contributed by atoms with Crippen molar-refractivity contribution in [2.24, 2.45) is 0 Å². The molecule has 0 N–H and O–H groups in total. The zero-order valence-corrected chi connectivity index (χ0v) is 19.7. The molecule has 8 heteroatoms. The Hall–Kier alpha value is -1.18. The first-order valence-electron chi connectivity index (χ1n) is 8.87. The van der Waals surface area contributed by atoms with Crippen LogP contribution in [0.15, 0.2) is 46.9 Å². The number of hydrogen-bond donors (Lipinski definition) is 0. The van der Waals surface area contributed by atoms with E-state index in [1.165, 1.54) is 11.3 Å². The van der Waals surface area contributed by atoms with Gasteiger partial charge in [-0.25, -0.2) is 4.98 Å². The van der Waals surface area contributed by atoms with E-state index in [2.05, 4.69) is 34.7 Å². The molecule has 1 heterocycles. The summed E-state index contributed by atoms with van der Waals surface area (Å²) in [5, 5.41) is 1.26. The summed E-state index contributed by atoms with van der Waals surface area (Å²) in [6.45, 7) is 7.52. The third kappa shape index (κ3) is 5.45. The van der Waals surface area contributed by atoms with Crippen molar-refractivity contribution in [1.29, 1.82) is 0 Å². The summed E-state index contributed by atoms with van der Waals surface area (Å²) in [4.78, 5) is 22.0. The molecule has 0 aliphatic heterocycles. The van der Waals surface area contributed by atoms with Gasteiger partial charge < -0.3 is 4.90 Å². The number of hydrogen-bond acceptors (Lipinski definition) is 4. The number of nitrogens with zero attached hydrogens (tertiary/aromatic N) is 3. The van der Waals surface area contributed by atoms with Crippen molar-refractivity contribution in [1.82, 2.24) is 9.88 Å². The number of thiazole rings is 1. The van der Waals surface area contributed by atoms with Crippen LogP contribution >= 0.6 is 51.3 Å². The Balaban J connectivity index is 0.00000280. The van der Waals surface area contributed by atoms with Gasteiger partial charge in [0, 0.05) is 28.1 Å². The van der Waals surface area contributed by atoms with Gasteiger partial charge in [-0.05, 0) is 49.5 Å². The van der Waals surface area contributed by atoms with Gasteiger partial charge in [0.1, 0.15) is 0 Å². The lowest BCUT2D eigenvalue weighted by Crippen LogP contribution is -2.38. The Kier molecular flexibility index (Phi) is 8.71. The molecule has 0 atom stereocenters. The van der Waals surface area contributed by atoms with Crippen molar-refractivity contribution in [3.63, 3.8) is 0 Å². The number of halogens is 3. The topological polar surface area (TPSA) is 36.4 Å². The lowest BCUT2D eigenvalue weighted by molar-refractivity contribution is 0.0984. The monoisotopic (exact) mass is 501 g/mol. The summed E-state index contributed by atoms with van der Waals surface area (Å²) in [5.41, 5.74) is 1.47. The zero-order valence-electron chi connectivity index (χ0n) is 15.7. The molecule has 3 aromatic rings. The Morgan fingerprint density at radius 3 is 2.57 bits per heavy atom. The highest BCUT2D eigenvalue weighted by Crippen LogP contribution is 2.31. The van der Waals surface area contributed by atoms with Gasteiger partial charge in [0.2, 0.25) is 0 Å². The van der Waals surface area contributed by atoms with E-state index in [0.717, 1.165) is 34.3 Å². The molecule has 0 fully saturated rings. The minimum Gasteiger partial charge on any atom is -0.302 e. The first kappa shape index (κ1) is 23.1. The molecule has 3 rings (SSSR count). The van der Waals surface area contributed by atoms with E-state index >= 15 is 0 Å². The van der Waals surface area contributed by atoms with E-state index in [-0.39, 0.29) is 18.3 Å². The van der Waals surface area contributed by atoms with Crippen LogP contribution in [0.5, 0.6) is 0 Å². The van der Waals surface area contributed by atoms with Gasteiger partial charge in [-0.3, -0.25) is 9.69 Å². The maximum absolute atomic E-state index is 13.2. The lowest BCUT2D eigenvalue weighted by atomic mass is 10.2. The van der Waals surface area contributed by atoms with E-state index in [1.54, 1.807) is 29.2 Å². The minimum absolute atomic E-state index is 0. The quantitative estimate of drug-likeness (QED) is 0.390. The summed E-state index contributed by atoms with van der Waals surface area (Å²) in [7, 11) is 0. The van der Waals surface area contributed by atoms with E-state index in [0.29, 0.717) is 22.3 Å². The molecule has 2 aromatic carbocycles. The average molecular weight is 503 g/mol. The van der Waals surface area contributed by atoms with Crippen molar-refractivity contribution >= 4 is 72.5 Å². The van der Waals surface area contributed by atoms with Crippen molar-refractivity contribution in [2.75, 3.05) is 31.1 Å². The normalized spacial score (nSPS) is 10.9. The predicted octanol–water partition coefficient (Wildman–Crippen LogP) is 6.12. The summed E-state index contributed by atoms with van der Waals surface area (Å²) in [5.74, 6) is -0.0808. The number of benzene rings is 2. The molecule has 0 spiro atoms. The summed E-state index contributed by atoms with van der Waals surface area (Å²) in [6, 6.07) is 13.0. The Morgan fingerprint density at radius 1 is 1.14 bits per heavy atom. The number of aromatic nitrogens is 1. The molecule has 0 aliphatic rings. The number of carbonyl (C=O) groups excluding carboxylic acids is 1. The Bertz CT molecular complexity index is 946. The maximum Gasteiger partial charge on any atom is 0.260 e. The number of amides is 1. The first-order valence-corrected chi connectivity index (χ1v) is 10.9. The summed E-state index contributed by atoms with van der Waals surface area (Å²) in [6.07, 6.45) is 0. The summed E-state index contributed by atoms with van der Waals surface area (Å²) < 4.78 is 2.05. The molecular formula is C20H22BrCl2N3OS. The minimum atomic E-state index is -0.0808. The second-order valence-electron chi connectivity index (χ2n) is 6.10. The third-order valence-corrected chi connectivity index (χ3v) is 6.19. The predicted molar refractivity (Wildman–Crippen MR) is 125 cm³/mol. The molecule has 0 radical (unpaired) electrons. The van der Waals surface area contributed by atoms with Crippen LogP contribution in [0.25, 0.3) is 10.2 Å². The second-order valence-corrected chi connectivity index (χ2v) is 8.46. The molecule has 0 aliphatic carbocycles. The maximum atomic E-state index is 13.2. The molecule has 0 bridgehead atoms. The SMILES string of the molecule is CCN(CC)CCN(C(=O)c1cccc(Cl)c1)c1nc2ccc(Br)cc2s1.Cl. The first-order chi connectivity index (χ1) is 13.0. The van der Waals surface area contributed by atoms with Crippen molar-refractivity contribution in [2.45, 2.75) is 13.8 Å². The van der Waals surface area contributed by atoms with E-state index in [1.807, 2.05) is 18.2 Å². The third-order valence-electron chi connectivity index (χ3n) is 4.42. The molecular weight excluding hydrogens is 481 g/mol. The Morgan fingerprint density at radius 2 is 1.89 bits per heavy atom. The van der Waals surface area contributed by atoms with Crippen LogP contribution in [-0.4, -0.2) is 42.0 Å². The molecule has 0 saturated carbocycles. The van der Waals surface area contributed by atoms with Gasteiger partial charge >= 0.3 is 0 Å². The van der Waals surface area contributed by atoms with Crippen LogP contribution in [-0.2, 0) is 0 Å². The van der Waals surface area contributed by atoms with E-state index in [9.17, 15) is 4.79 Å². The molecule has 0 saturated heterocycles. The highest BCUT2D eigenvalue weighted by molar-refractivity contribution is 9.10. The van der Waals surface area contributed by atoms with Gasteiger partial charge in [-0.15, -0.1) is 12.4 Å². The van der Waals surface area contributed by atoms with Gasteiger partial charge in [0.15, 0.2) is 5.13 Å². The van der Waals surface area contributed by atoms with Crippen LogP contribution in [0, 0.1) is 0 Å². The van der Waals surface area contributed by atoms with Crippen LogP contribution in [0.4, 0.5) is 5.13 Å². The van der Waals surface area contributed by atoms with Crippen molar-refractivity contribution in [3.05, 3.63) is 57.5 Å². The van der Waals surface area contributed by atoms with Crippen LogP contribution in [0.3, 0.4) is 0 Å². The highest BCUT2D eigenvalue weighted by Gasteiger charge is 2.22. The number of carbonyl (C=O) groups is 1.